The minimum absolute atomic E-state index is 0.398. The van der Waals surface area contributed by atoms with Crippen LogP contribution in [0.1, 0.15) is 19.4 Å². The van der Waals surface area contributed by atoms with Crippen molar-refractivity contribution in [1.29, 1.82) is 0 Å². The molecule has 7 nitrogen and oxygen atoms in total. The van der Waals surface area contributed by atoms with E-state index in [1.165, 1.54) is 0 Å². The molecule has 1 saturated heterocycles. The molecular weight excluding hydrogens is 426 g/mol. The zero-order valence-corrected chi connectivity index (χ0v) is 17.1. The number of para-hydroxylation sites is 2. The molecule has 0 bridgehead atoms. The van der Waals surface area contributed by atoms with Gasteiger partial charge in [0.1, 0.15) is 17.8 Å². The van der Waals surface area contributed by atoms with Gasteiger partial charge in [-0.15, -0.1) is 0 Å². The minimum atomic E-state index is -1.25. The number of ether oxygens (including phenoxy) is 1. The van der Waals surface area contributed by atoms with Crippen molar-refractivity contribution in [3.63, 3.8) is 0 Å². The van der Waals surface area contributed by atoms with Gasteiger partial charge in [-0.05, 0) is 32.0 Å². The third-order valence-corrected chi connectivity index (χ3v) is 5.14. The highest BCUT2D eigenvalue weighted by atomic mass is 79.9. The molecule has 2 aromatic rings. The maximum absolute atomic E-state index is 13.0. The highest BCUT2D eigenvalue weighted by Gasteiger charge is 2.50. The number of carbonyl (C=O) groups excluding carboxylic acids is 3. The van der Waals surface area contributed by atoms with Crippen LogP contribution < -0.4 is 15.4 Å². The summed E-state index contributed by atoms with van der Waals surface area (Å²) in [6, 6.07) is 13.5. The standard InChI is InChI=1S/C20H20BrN3O4/c1-3-28-16-11-7-6-10-15(16)22-17(25)12-24-18(26)20(2,23-19(24)27)13-8-4-5-9-14(13)21/h4-11H,3,12H2,1-2H3,(H,22,25)(H,23,27). The monoisotopic (exact) mass is 445 g/mol. The smallest absolute Gasteiger partial charge is 0.325 e. The number of nitrogens with one attached hydrogen (secondary N) is 2. The summed E-state index contributed by atoms with van der Waals surface area (Å²) in [6.45, 7) is 3.51. The van der Waals surface area contributed by atoms with Crippen molar-refractivity contribution in [1.82, 2.24) is 10.2 Å². The van der Waals surface area contributed by atoms with Crippen LogP contribution in [0.3, 0.4) is 0 Å². The third-order valence-electron chi connectivity index (χ3n) is 4.45. The molecule has 0 spiro atoms. The van der Waals surface area contributed by atoms with E-state index in [2.05, 4.69) is 26.6 Å². The molecule has 1 aliphatic rings. The van der Waals surface area contributed by atoms with Crippen LogP contribution in [0.5, 0.6) is 5.75 Å². The number of halogens is 1. The molecule has 0 aliphatic carbocycles. The van der Waals surface area contributed by atoms with Crippen molar-refractivity contribution >= 4 is 39.5 Å². The average Bonchev–Trinajstić information content (AvgIpc) is 2.88. The molecule has 0 radical (unpaired) electrons. The Bertz CT molecular complexity index is 933. The highest BCUT2D eigenvalue weighted by molar-refractivity contribution is 9.10. The lowest BCUT2D eigenvalue weighted by Crippen LogP contribution is -2.42. The number of amides is 4. The molecular formula is C20H20BrN3O4. The number of rotatable bonds is 6. The van der Waals surface area contributed by atoms with E-state index < -0.39 is 29.9 Å². The van der Waals surface area contributed by atoms with Gasteiger partial charge in [0.15, 0.2) is 0 Å². The molecule has 1 heterocycles. The predicted molar refractivity (Wildman–Crippen MR) is 108 cm³/mol. The van der Waals surface area contributed by atoms with Gasteiger partial charge in [-0.1, -0.05) is 46.3 Å². The fourth-order valence-electron chi connectivity index (χ4n) is 3.07. The Kier molecular flexibility index (Phi) is 5.69. The van der Waals surface area contributed by atoms with Gasteiger partial charge in [0.2, 0.25) is 5.91 Å². The fourth-order valence-corrected chi connectivity index (χ4v) is 3.76. The summed E-state index contributed by atoms with van der Waals surface area (Å²) in [5.74, 6) is -0.460. The molecule has 8 heteroatoms. The molecule has 3 rings (SSSR count). The number of benzene rings is 2. The second-order valence-electron chi connectivity index (χ2n) is 6.40. The van der Waals surface area contributed by atoms with E-state index in [0.717, 1.165) is 4.90 Å². The lowest BCUT2D eigenvalue weighted by atomic mass is 9.92. The topological polar surface area (TPSA) is 87.7 Å². The molecule has 2 N–H and O–H groups in total. The van der Waals surface area contributed by atoms with Crippen molar-refractivity contribution in [2.45, 2.75) is 19.4 Å². The third kappa shape index (κ3) is 3.73. The van der Waals surface area contributed by atoms with Crippen LogP contribution >= 0.6 is 15.9 Å². The zero-order valence-electron chi connectivity index (χ0n) is 15.5. The van der Waals surface area contributed by atoms with E-state index in [9.17, 15) is 14.4 Å². The Morgan fingerprint density at radius 2 is 1.86 bits per heavy atom. The molecule has 146 valence electrons. The van der Waals surface area contributed by atoms with Gasteiger partial charge >= 0.3 is 6.03 Å². The van der Waals surface area contributed by atoms with Crippen LogP contribution in [-0.2, 0) is 15.1 Å². The van der Waals surface area contributed by atoms with Crippen LogP contribution in [0.15, 0.2) is 53.0 Å². The van der Waals surface area contributed by atoms with Gasteiger partial charge in [-0.25, -0.2) is 4.79 Å². The van der Waals surface area contributed by atoms with Gasteiger partial charge in [0, 0.05) is 10.0 Å². The first-order chi connectivity index (χ1) is 13.4. The summed E-state index contributed by atoms with van der Waals surface area (Å²) in [6.07, 6.45) is 0. The van der Waals surface area contributed by atoms with E-state index in [1.807, 2.05) is 13.0 Å². The number of urea groups is 1. The number of carbonyl (C=O) groups is 3. The van der Waals surface area contributed by atoms with Gasteiger partial charge in [0.05, 0.1) is 12.3 Å². The number of hydrogen-bond acceptors (Lipinski definition) is 4. The molecule has 28 heavy (non-hydrogen) atoms. The summed E-state index contributed by atoms with van der Waals surface area (Å²) < 4.78 is 6.17. The van der Waals surface area contributed by atoms with E-state index in [4.69, 9.17) is 4.74 Å². The number of hydrogen-bond donors (Lipinski definition) is 2. The first-order valence-electron chi connectivity index (χ1n) is 8.77. The normalized spacial score (nSPS) is 18.8. The first-order valence-corrected chi connectivity index (χ1v) is 9.57. The van der Waals surface area contributed by atoms with Gasteiger partial charge < -0.3 is 15.4 Å². The van der Waals surface area contributed by atoms with E-state index in [1.54, 1.807) is 49.4 Å². The maximum atomic E-state index is 13.0. The molecule has 1 atom stereocenters. The Morgan fingerprint density at radius 1 is 1.18 bits per heavy atom. The first kappa shape index (κ1) is 19.9. The van der Waals surface area contributed by atoms with E-state index in [-0.39, 0.29) is 0 Å². The van der Waals surface area contributed by atoms with E-state index >= 15 is 0 Å². The Hall–Kier alpha value is -2.87. The SMILES string of the molecule is CCOc1ccccc1NC(=O)CN1C(=O)NC(C)(c2ccccc2Br)C1=O. The minimum Gasteiger partial charge on any atom is -0.492 e. The second kappa shape index (κ2) is 8.02. The second-order valence-corrected chi connectivity index (χ2v) is 7.26. The van der Waals surface area contributed by atoms with Crippen molar-refractivity contribution in [3.05, 3.63) is 58.6 Å². The highest BCUT2D eigenvalue weighted by Crippen LogP contribution is 2.33. The van der Waals surface area contributed by atoms with Gasteiger partial charge in [-0.3, -0.25) is 14.5 Å². The summed E-state index contributed by atoms with van der Waals surface area (Å²) in [4.78, 5) is 38.8. The molecule has 1 unspecified atom stereocenters. The molecule has 1 aliphatic heterocycles. The lowest BCUT2D eigenvalue weighted by Gasteiger charge is -2.23. The summed E-state index contributed by atoms with van der Waals surface area (Å²) >= 11 is 3.41. The van der Waals surface area contributed by atoms with Gasteiger partial charge in [0.25, 0.3) is 5.91 Å². The Labute approximate surface area is 171 Å². The van der Waals surface area contributed by atoms with Gasteiger partial charge in [-0.2, -0.15) is 0 Å². The van der Waals surface area contributed by atoms with Crippen molar-refractivity contribution in [2.75, 3.05) is 18.5 Å². The lowest BCUT2D eigenvalue weighted by molar-refractivity contribution is -0.133. The van der Waals surface area contributed by atoms with Crippen LogP contribution in [-0.4, -0.2) is 35.9 Å². The largest absolute Gasteiger partial charge is 0.492 e. The average molecular weight is 446 g/mol. The predicted octanol–water partition coefficient (Wildman–Crippen LogP) is 3.25. The number of imide groups is 1. The maximum Gasteiger partial charge on any atom is 0.325 e. The summed E-state index contributed by atoms with van der Waals surface area (Å²) in [5, 5.41) is 5.39. The van der Waals surface area contributed by atoms with Crippen LogP contribution in [0.4, 0.5) is 10.5 Å². The zero-order chi connectivity index (χ0) is 20.3. The number of anilines is 1. The van der Waals surface area contributed by atoms with Crippen LogP contribution in [0, 0.1) is 0 Å². The Balaban J connectivity index is 1.76. The van der Waals surface area contributed by atoms with E-state index in [0.29, 0.717) is 28.1 Å². The summed E-state index contributed by atoms with van der Waals surface area (Å²) in [5.41, 5.74) is -0.145. The van der Waals surface area contributed by atoms with Crippen LogP contribution in [0.25, 0.3) is 0 Å². The molecule has 0 aromatic heterocycles. The molecule has 0 saturated carbocycles. The van der Waals surface area contributed by atoms with Crippen molar-refractivity contribution in [2.24, 2.45) is 0 Å². The molecule has 1 fully saturated rings. The Morgan fingerprint density at radius 3 is 2.57 bits per heavy atom. The van der Waals surface area contributed by atoms with Crippen LogP contribution in [0.2, 0.25) is 0 Å². The summed E-state index contributed by atoms with van der Waals surface area (Å²) in [7, 11) is 0. The quantitative estimate of drug-likeness (QED) is 0.667. The number of nitrogens with zero attached hydrogens (tertiary/aromatic N) is 1. The molecule has 2 aromatic carbocycles. The van der Waals surface area contributed by atoms with Crippen molar-refractivity contribution < 1.29 is 19.1 Å². The van der Waals surface area contributed by atoms with Crippen molar-refractivity contribution in [3.8, 4) is 5.75 Å². The molecule has 4 amide bonds. The fraction of sp³-hybridized carbons (Fsp3) is 0.250.